The van der Waals surface area contributed by atoms with Gasteiger partial charge in [0.25, 0.3) is 0 Å². The molecule has 1 aromatic carbocycles. The minimum Gasteiger partial charge on any atom is -0.385 e. The number of azide groups is 1. The Morgan fingerprint density at radius 1 is 1.57 bits per heavy atom. The zero-order chi connectivity index (χ0) is 10.6. The fourth-order valence-corrected chi connectivity index (χ4v) is 1.86. The number of hydrogen-bond acceptors (Lipinski definition) is 2. The van der Waals surface area contributed by atoms with Crippen LogP contribution >= 0.6 is 15.9 Å². The Morgan fingerprint density at radius 3 is 2.79 bits per heavy atom. The van der Waals surface area contributed by atoms with Gasteiger partial charge in [-0.25, -0.2) is 0 Å². The molecule has 0 fully saturated rings. The molecule has 4 nitrogen and oxygen atoms in total. The van der Waals surface area contributed by atoms with Crippen molar-refractivity contribution in [2.24, 2.45) is 5.11 Å². The maximum absolute atomic E-state index is 10.0. The summed E-state index contributed by atoms with van der Waals surface area (Å²) < 4.78 is 0.804. The maximum atomic E-state index is 10.0. The predicted molar refractivity (Wildman–Crippen MR) is 57.7 cm³/mol. The normalized spacial score (nSPS) is 14.2. The lowest BCUT2D eigenvalue weighted by Crippen LogP contribution is -2.25. The lowest BCUT2D eigenvalue weighted by molar-refractivity contribution is 0.0662. The van der Waals surface area contributed by atoms with Gasteiger partial charge < -0.3 is 5.11 Å². The first-order valence-corrected chi connectivity index (χ1v) is 4.85. The van der Waals surface area contributed by atoms with E-state index in [-0.39, 0.29) is 6.54 Å². The van der Waals surface area contributed by atoms with Crippen LogP contribution in [-0.4, -0.2) is 11.7 Å². The highest BCUT2D eigenvalue weighted by Gasteiger charge is 2.23. The van der Waals surface area contributed by atoms with E-state index in [2.05, 4.69) is 26.0 Å². The zero-order valence-corrected chi connectivity index (χ0v) is 9.27. The van der Waals surface area contributed by atoms with Gasteiger partial charge in [0.05, 0.1) is 12.1 Å². The Labute approximate surface area is 90.3 Å². The molecule has 0 radical (unpaired) electrons. The molecule has 1 N–H and O–H groups in total. The van der Waals surface area contributed by atoms with Gasteiger partial charge in [0.15, 0.2) is 0 Å². The largest absolute Gasteiger partial charge is 0.385 e. The average Bonchev–Trinajstić information content (AvgIpc) is 2.15. The van der Waals surface area contributed by atoms with Crippen molar-refractivity contribution in [3.8, 4) is 0 Å². The van der Waals surface area contributed by atoms with E-state index in [0.29, 0.717) is 5.56 Å². The molecule has 0 saturated carbocycles. The van der Waals surface area contributed by atoms with Crippen LogP contribution in [0.4, 0.5) is 0 Å². The molecule has 0 saturated heterocycles. The summed E-state index contributed by atoms with van der Waals surface area (Å²) in [6.45, 7) is 1.63. The Morgan fingerprint density at radius 2 is 2.21 bits per heavy atom. The van der Waals surface area contributed by atoms with Crippen molar-refractivity contribution in [1.29, 1.82) is 0 Å². The van der Waals surface area contributed by atoms with E-state index in [0.717, 1.165) is 4.47 Å². The minimum atomic E-state index is -1.13. The van der Waals surface area contributed by atoms with Crippen LogP contribution in [0.5, 0.6) is 0 Å². The minimum absolute atomic E-state index is 0.0200. The molecule has 0 aliphatic carbocycles. The highest BCUT2D eigenvalue weighted by Crippen LogP contribution is 2.28. The van der Waals surface area contributed by atoms with E-state index in [1.165, 1.54) is 0 Å². The first kappa shape index (κ1) is 11.0. The van der Waals surface area contributed by atoms with E-state index in [4.69, 9.17) is 5.53 Å². The summed E-state index contributed by atoms with van der Waals surface area (Å²) in [6.07, 6.45) is 0. The summed E-state index contributed by atoms with van der Waals surface area (Å²) in [5.74, 6) is 0. The van der Waals surface area contributed by atoms with Crippen molar-refractivity contribution < 1.29 is 5.11 Å². The second-order valence-corrected chi connectivity index (χ2v) is 4.00. The van der Waals surface area contributed by atoms with Gasteiger partial charge in [-0.2, -0.15) is 0 Å². The number of rotatable bonds is 3. The van der Waals surface area contributed by atoms with Crippen molar-refractivity contribution >= 4 is 15.9 Å². The zero-order valence-electron chi connectivity index (χ0n) is 7.68. The van der Waals surface area contributed by atoms with Crippen LogP contribution < -0.4 is 0 Å². The third-order valence-electron chi connectivity index (χ3n) is 1.90. The fraction of sp³-hybridized carbons (Fsp3) is 0.333. The summed E-state index contributed by atoms with van der Waals surface area (Å²) in [4.78, 5) is 2.63. The molecule has 0 amide bonds. The highest BCUT2D eigenvalue weighted by molar-refractivity contribution is 9.10. The van der Waals surface area contributed by atoms with Gasteiger partial charge in [-0.15, -0.1) is 0 Å². The van der Waals surface area contributed by atoms with E-state index in [1.54, 1.807) is 13.0 Å². The average molecular weight is 256 g/mol. The van der Waals surface area contributed by atoms with Crippen molar-refractivity contribution in [2.75, 3.05) is 6.54 Å². The first-order valence-electron chi connectivity index (χ1n) is 4.06. The van der Waals surface area contributed by atoms with Crippen LogP contribution in [0.2, 0.25) is 0 Å². The molecule has 0 bridgehead atoms. The van der Waals surface area contributed by atoms with Gasteiger partial charge in [-0.3, -0.25) is 0 Å². The van der Waals surface area contributed by atoms with Gasteiger partial charge in [-0.05, 0) is 24.1 Å². The molecule has 0 aliphatic rings. The van der Waals surface area contributed by atoms with Crippen LogP contribution in [0, 0.1) is 0 Å². The van der Waals surface area contributed by atoms with Crippen LogP contribution in [0.15, 0.2) is 33.9 Å². The Balaban J connectivity index is 3.02. The molecule has 5 heteroatoms. The quantitative estimate of drug-likeness (QED) is 0.504. The summed E-state index contributed by atoms with van der Waals surface area (Å²) >= 11 is 3.33. The maximum Gasteiger partial charge on any atom is 0.0935 e. The SMILES string of the molecule is CC(O)(CN=[N+]=[N-])c1ccccc1Br. The van der Waals surface area contributed by atoms with Crippen LogP contribution in [0.3, 0.4) is 0 Å². The van der Waals surface area contributed by atoms with Gasteiger partial charge in [0, 0.05) is 9.38 Å². The van der Waals surface area contributed by atoms with E-state index in [1.807, 2.05) is 18.2 Å². The third-order valence-corrected chi connectivity index (χ3v) is 2.59. The molecular weight excluding hydrogens is 246 g/mol. The number of aliphatic hydroxyl groups is 1. The first-order chi connectivity index (χ1) is 6.58. The third kappa shape index (κ3) is 2.48. The van der Waals surface area contributed by atoms with Gasteiger partial charge in [0.1, 0.15) is 0 Å². The van der Waals surface area contributed by atoms with Crippen molar-refractivity contribution in [3.63, 3.8) is 0 Å². The lowest BCUT2D eigenvalue weighted by atomic mass is 9.96. The van der Waals surface area contributed by atoms with Crippen molar-refractivity contribution in [3.05, 3.63) is 44.7 Å². The molecule has 1 unspecified atom stereocenters. The van der Waals surface area contributed by atoms with Crippen LogP contribution in [0.25, 0.3) is 10.4 Å². The van der Waals surface area contributed by atoms with Crippen molar-refractivity contribution in [2.45, 2.75) is 12.5 Å². The Hall–Kier alpha value is -1.03. The summed E-state index contributed by atoms with van der Waals surface area (Å²) in [5, 5.41) is 13.4. The van der Waals surface area contributed by atoms with Gasteiger partial charge in [0.2, 0.25) is 0 Å². The second-order valence-electron chi connectivity index (χ2n) is 3.14. The van der Waals surface area contributed by atoms with E-state index < -0.39 is 5.60 Å². The smallest absolute Gasteiger partial charge is 0.0935 e. The van der Waals surface area contributed by atoms with Gasteiger partial charge >= 0.3 is 0 Å². The van der Waals surface area contributed by atoms with E-state index >= 15 is 0 Å². The van der Waals surface area contributed by atoms with E-state index in [9.17, 15) is 5.11 Å². The summed E-state index contributed by atoms with van der Waals surface area (Å²) in [6, 6.07) is 7.30. The molecule has 1 rings (SSSR count). The number of nitrogens with zero attached hydrogens (tertiary/aromatic N) is 3. The molecule has 0 aliphatic heterocycles. The standard InChI is InChI=1S/C9H10BrN3O/c1-9(14,6-12-13-11)7-4-2-3-5-8(7)10/h2-5,14H,6H2,1H3. The molecule has 1 aromatic rings. The molecule has 0 aromatic heterocycles. The molecule has 1 atom stereocenters. The molecular formula is C9H10BrN3O. The number of halogens is 1. The number of benzene rings is 1. The highest BCUT2D eigenvalue weighted by atomic mass is 79.9. The molecule has 14 heavy (non-hydrogen) atoms. The number of hydrogen-bond donors (Lipinski definition) is 1. The van der Waals surface area contributed by atoms with Crippen LogP contribution in [-0.2, 0) is 5.60 Å². The molecule has 74 valence electrons. The second kappa shape index (κ2) is 4.46. The monoisotopic (exact) mass is 255 g/mol. The Kier molecular flexibility index (Phi) is 3.52. The summed E-state index contributed by atoms with van der Waals surface area (Å²) in [7, 11) is 0. The summed E-state index contributed by atoms with van der Waals surface area (Å²) in [5.41, 5.74) is 7.76. The Bertz CT molecular complexity index is 372. The van der Waals surface area contributed by atoms with Gasteiger partial charge in [-0.1, -0.05) is 39.2 Å². The molecule has 0 heterocycles. The predicted octanol–water partition coefficient (Wildman–Crippen LogP) is 2.97. The van der Waals surface area contributed by atoms with Crippen molar-refractivity contribution in [1.82, 2.24) is 0 Å². The fourth-order valence-electron chi connectivity index (χ4n) is 1.15. The lowest BCUT2D eigenvalue weighted by Gasteiger charge is -2.22. The van der Waals surface area contributed by atoms with Crippen LogP contribution in [0.1, 0.15) is 12.5 Å². The molecule has 0 spiro atoms. The topological polar surface area (TPSA) is 69.0 Å².